The Labute approximate surface area is 304 Å². The van der Waals surface area contributed by atoms with E-state index in [0.29, 0.717) is 19.0 Å². The highest BCUT2D eigenvalue weighted by Crippen LogP contribution is 2.26. The highest BCUT2D eigenvalue weighted by Gasteiger charge is 2.31. The van der Waals surface area contributed by atoms with Crippen LogP contribution >= 0.6 is 0 Å². The van der Waals surface area contributed by atoms with Gasteiger partial charge in [0.05, 0.1) is 0 Å². The minimum absolute atomic E-state index is 0. The van der Waals surface area contributed by atoms with E-state index in [9.17, 15) is 31.1 Å². The van der Waals surface area contributed by atoms with Crippen molar-refractivity contribution in [2.24, 2.45) is 11.8 Å². The molecule has 2 unspecified atom stereocenters. The number of aryl methyl sites for hydroxylation is 1. The van der Waals surface area contributed by atoms with Crippen molar-refractivity contribution in [2.45, 2.75) is 71.7 Å². The van der Waals surface area contributed by atoms with Gasteiger partial charge in [-0.15, -0.1) is 26.3 Å². The average molecular weight is 743 g/mol. The molecule has 3 aromatic rings. The van der Waals surface area contributed by atoms with Crippen LogP contribution in [0.5, 0.6) is 11.5 Å². The molecule has 0 spiro atoms. The van der Waals surface area contributed by atoms with Gasteiger partial charge in [-0.2, -0.15) is 0 Å². The zero-order valence-electron chi connectivity index (χ0n) is 29.9. The number of piperidine rings is 2. The lowest BCUT2D eigenvalue weighted by atomic mass is 9.93. The molecule has 0 aliphatic carbocycles. The summed E-state index contributed by atoms with van der Waals surface area (Å²) in [5.74, 6) is 0.439. The van der Waals surface area contributed by atoms with Gasteiger partial charge in [0.1, 0.15) is 18.1 Å². The van der Waals surface area contributed by atoms with Crippen LogP contribution in [0.25, 0.3) is 6.08 Å². The summed E-state index contributed by atoms with van der Waals surface area (Å²) in [7, 11) is 1.00. The van der Waals surface area contributed by atoms with Gasteiger partial charge in [-0.25, -0.2) is 4.79 Å². The number of carbonyl (C=O) groups is 1. The van der Waals surface area contributed by atoms with Crippen molar-refractivity contribution in [2.75, 3.05) is 33.3 Å². The quantitative estimate of drug-likeness (QED) is 0.213. The van der Waals surface area contributed by atoms with Gasteiger partial charge in [-0.3, -0.25) is 0 Å². The van der Waals surface area contributed by atoms with E-state index < -0.39 is 12.7 Å². The van der Waals surface area contributed by atoms with E-state index in [1.807, 2.05) is 56.3 Å². The molecule has 2 aliphatic rings. The summed E-state index contributed by atoms with van der Waals surface area (Å²) in [6.07, 6.45) is 0.420. The average Bonchev–Trinajstić information content (AvgIpc) is 3.15. The number of rotatable bonds is 9. The number of alkyl halides is 6. The number of likely N-dealkylation sites (tertiary alicyclic amines) is 1. The van der Waals surface area contributed by atoms with Crippen LogP contribution in [0.4, 0.5) is 31.1 Å². The molecule has 3 aromatic carbocycles. The van der Waals surface area contributed by atoms with Gasteiger partial charge in [0.15, 0.2) is 0 Å². The van der Waals surface area contributed by atoms with Gasteiger partial charge in [0.25, 0.3) is 0 Å². The van der Waals surface area contributed by atoms with Crippen molar-refractivity contribution >= 4 is 12.2 Å². The van der Waals surface area contributed by atoms with E-state index in [4.69, 9.17) is 9.84 Å². The number of halogens is 6. The standard InChI is InChI=1S/C22H22F3NO3.C14H18F3NO.C2H6.CH4O.H2/c23-22(24,25)29-20-12-10-17(11-13-20)8-9-18-7-4-14-26(15-18)21(27)28-16-19-5-2-1-3-6-19;15-14(16,17)19-13-7-5-11(6-8-13)3-4-12-2-1-9-18-10-12;2*1-2;/h1-3,5-6,8-13,18H,4,7,14-16H2;5-8,12,18H,1-4,9-10H2;1-2H3;2H,1H3;1H. The molecular weight excluding hydrogens is 690 g/mol. The number of hydrogen-bond acceptors (Lipinski definition) is 6. The predicted molar refractivity (Wildman–Crippen MR) is 192 cm³/mol. The first-order chi connectivity index (χ1) is 24.9. The van der Waals surface area contributed by atoms with Gasteiger partial charge < -0.3 is 29.5 Å². The number of aliphatic hydroxyl groups is 1. The lowest BCUT2D eigenvalue weighted by Crippen LogP contribution is -2.39. The molecule has 0 aromatic heterocycles. The van der Waals surface area contributed by atoms with Crippen LogP contribution in [-0.2, 0) is 17.8 Å². The van der Waals surface area contributed by atoms with E-state index in [1.54, 1.807) is 29.2 Å². The second kappa shape index (κ2) is 23.4. The Morgan fingerprint density at radius 3 is 2.00 bits per heavy atom. The van der Waals surface area contributed by atoms with Crippen molar-refractivity contribution in [3.8, 4) is 11.5 Å². The minimum atomic E-state index is -4.70. The SMILES string of the molecule is CC.CO.FC(F)(F)Oc1ccc(CCC2CCCNC2)cc1.O=C(OCc1ccccc1)N1CCCC(C=Cc2ccc(OC(F)(F)F)cc2)C1.[HH]. The molecule has 2 atom stereocenters. The Morgan fingerprint density at radius 1 is 0.846 bits per heavy atom. The first kappa shape index (κ1) is 43.9. The molecule has 52 heavy (non-hydrogen) atoms. The third-order valence-corrected chi connectivity index (χ3v) is 7.99. The molecule has 2 fully saturated rings. The first-order valence-electron chi connectivity index (χ1n) is 17.4. The van der Waals surface area contributed by atoms with Crippen LogP contribution in [0.3, 0.4) is 0 Å². The topological polar surface area (TPSA) is 80.3 Å². The Balaban J connectivity index is 0.000000509. The van der Waals surface area contributed by atoms with Crippen molar-refractivity contribution in [1.82, 2.24) is 10.2 Å². The smallest absolute Gasteiger partial charge is 0.445 e. The van der Waals surface area contributed by atoms with E-state index in [0.717, 1.165) is 62.6 Å². The Kier molecular flexibility index (Phi) is 19.7. The molecular formula is C39H52F6N2O5. The maximum absolute atomic E-state index is 12.3. The van der Waals surface area contributed by atoms with Crippen LogP contribution in [0.1, 0.15) is 64.1 Å². The molecule has 2 saturated heterocycles. The summed E-state index contributed by atoms with van der Waals surface area (Å²) in [5.41, 5.74) is 2.76. The maximum atomic E-state index is 12.3. The number of benzene rings is 3. The molecule has 0 radical (unpaired) electrons. The van der Waals surface area contributed by atoms with Crippen LogP contribution in [0.15, 0.2) is 84.9 Å². The molecule has 13 heteroatoms. The maximum Gasteiger partial charge on any atom is 0.573 e. The molecule has 5 rings (SSSR count). The summed E-state index contributed by atoms with van der Waals surface area (Å²) < 4.78 is 85.7. The molecule has 0 bridgehead atoms. The molecule has 2 aliphatic heterocycles. The molecule has 0 saturated carbocycles. The number of nitrogens with one attached hydrogen (secondary N) is 1. The molecule has 290 valence electrons. The van der Waals surface area contributed by atoms with Gasteiger partial charge in [-0.1, -0.05) is 80.6 Å². The number of ether oxygens (including phenoxy) is 3. The van der Waals surface area contributed by atoms with Gasteiger partial charge in [0.2, 0.25) is 0 Å². The third-order valence-electron chi connectivity index (χ3n) is 7.99. The van der Waals surface area contributed by atoms with Gasteiger partial charge >= 0.3 is 18.8 Å². The number of amides is 1. The fraction of sp³-hybridized carbons (Fsp3) is 0.462. The van der Waals surface area contributed by atoms with E-state index >= 15 is 0 Å². The number of carbonyl (C=O) groups excluding carboxylic acids is 1. The fourth-order valence-electron chi connectivity index (χ4n) is 5.57. The molecule has 7 nitrogen and oxygen atoms in total. The molecule has 1 amide bonds. The van der Waals surface area contributed by atoms with Gasteiger partial charge in [-0.05, 0) is 104 Å². The van der Waals surface area contributed by atoms with E-state index in [2.05, 4.69) is 14.8 Å². The summed E-state index contributed by atoms with van der Waals surface area (Å²) >= 11 is 0. The minimum Gasteiger partial charge on any atom is -0.445 e. The van der Waals surface area contributed by atoms with Gasteiger partial charge in [0, 0.05) is 21.6 Å². The van der Waals surface area contributed by atoms with Crippen molar-refractivity contribution in [1.29, 1.82) is 0 Å². The van der Waals surface area contributed by atoms with Crippen molar-refractivity contribution in [3.05, 3.63) is 102 Å². The highest BCUT2D eigenvalue weighted by molar-refractivity contribution is 5.68. The van der Waals surface area contributed by atoms with Crippen LogP contribution in [-0.4, -0.2) is 62.1 Å². The summed E-state index contributed by atoms with van der Waals surface area (Å²) in [4.78, 5) is 14.0. The lowest BCUT2D eigenvalue weighted by molar-refractivity contribution is -0.275. The second-order valence-electron chi connectivity index (χ2n) is 11.8. The zero-order valence-corrected chi connectivity index (χ0v) is 29.9. The predicted octanol–water partition coefficient (Wildman–Crippen LogP) is 10.0. The largest absolute Gasteiger partial charge is 0.573 e. The summed E-state index contributed by atoms with van der Waals surface area (Å²) in [6, 6.07) is 21.4. The van der Waals surface area contributed by atoms with E-state index in [-0.39, 0.29) is 31.5 Å². The molecule has 2 N–H and O–H groups in total. The van der Waals surface area contributed by atoms with Crippen LogP contribution in [0, 0.1) is 11.8 Å². The number of aliphatic hydroxyl groups excluding tert-OH is 1. The Bertz CT molecular complexity index is 1420. The zero-order chi connectivity index (χ0) is 38.4. The summed E-state index contributed by atoms with van der Waals surface area (Å²) in [6.45, 7) is 7.60. The molecule has 2 heterocycles. The van der Waals surface area contributed by atoms with Crippen molar-refractivity contribution < 1.29 is 51.9 Å². The highest BCUT2D eigenvalue weighted by atomic mass is 19.4. The monoisotopic (exact) mass is 742 g/mol. The second-order valence-corrected chi connectivity index (χ2v) is 11.8. The lowest BCUT2D eigenvalue weighted by Gasteiger charge is -2.30. The normalized spacial score (nSPS) is 17.3. The fourth-order valence-corrected chi connectivity index (χ4v) is 5.57. The van der Waals surface area contributed by atoms with Crippen LogP contribution < -0.4 is 14.8 Å². The van der Waals surface area contributed by atoms with E-state index in [1.165, 1.54) is 37.1 Å². The number of nitrogens with zero attached hydrogens (tertiary/aromatic N) is 1. The number of hydrogen-bond donors (Lipinski definition) is 2. The van der Waals surface area contributed by atoms with Crippen LogP contribution in [0.2, 0.25) is 0 Å². The summed E-state index contributed by atoms with van der Waals surface area (Å²) in [5, 5.41) is 10.4. The van der Waals surface area contributed by atoms with Crippen molar-refractivity contribution in [3.63, 3.8) is 0 Å². The third kappa shape index (κ3) is 18.3. The Hall–Kier alpha value is -4.23. The Morgan fingerprint density at radius 2 is 1.44 bits per heavy atom. The first-order valence-corrected chi connectivity index (χ1v) is 17.4.